The zero-order valence-electron chi connectivity index (χ0n) is 6.13. The minimum Gasteiger partial charge on any atom is -0.201 e. The molecule has 2 rings (SSSR count). The smallest absolute Gasteiger partial charge is 0.0441 e. The molecule has 0 amide bonds. The van der Waals surface area contributed by atoms with Gasteiger partial charge in [-0.2, -0.15) is 0 Å². The minimum absolute atomic E-state index is 0.879. The number of aromatic nitrogens is 1. The third-order valence-corrected chi connectivity index (χ3v) is 3.06. The van der Waals surface area contributed by atoms with E-state index in [0.29, 0.717) is 0 Å². The molecule has 0 unspecified atom stereocenters. The Kier molecular flexibility index (Phi) is 1.49. The summed E-state index contributed by atoms with van der Waals surface area (Å²) in [4.78, 5) is 1.53. The van der Waals surface area contributed by atoms with Crippen LogP contribution in [0.1, 0.15) is 23.8 Å². The average Bonchev–Trinajstić information content (AvgIpc) is 2.33. The predicted octanol–water partition coefficient (Wildman–Crippen LogP) is 2.27. The van der Waals surface area contributed by atoms with Crippen molar-refractivity contribution < 1.29 is 0 Å². The van der Waals surface area contributed by atoms with Crippen LogP contribution in [-0.2, 0) is 12.8 Å². The molecule has 0 N–H and O–H groups in total. The van der Waals surface area contributed by atoms with E-state index in [1.54, 1.807) is 11.5 Å². The number of fused-ring (bicyclic) bond motifs is 1. The Labute approximate surface area is 65.3 Å². The molecule has 0 bridgehead atoms. The molecule has 2 heteroatoms. The Balaban J connectivity index is 2.30. The standard InChI is InChI=1S/C8H11NS/c1-6-2-3-8-7(4-6)5-9-10-8/h5-6H,2-4H2,1H3/t6-/m1/s1. The lowest BCUT2D eigenvalue weighted by molar-refractivity contribution is 0.506. The van der Waals surface area contributed by atoms with Crippen LogP contribution in [0.25, 0.3) is 0 Å². The highest BCUT2D eigenvalue weighted by molar-refractivity contribution is 7.05. The van der Waals surface area contributed by atoms with Crippen LogP contribution in [0.5, 0.6) is 0 Å². The van der Waals surface area contributed by atoms with Crippen LogP contribution < -0.4 is 0 Å². The number of nitrogens with zero attached hydrogens (tertiary/aromatic N) is 1. The van der Waals surface area contributed by atoms with Gasteiger partial charge in [-0.3, -0.25) is 0 Å². The highest BCUT2D eigenvalue weighted by atomic mass is 32.1. The second kappa shape index (κ2) is 2.35. The van der Waals surface area contributed by atoms with Crippen LogP contribution in [0.4, 0.5) is 0 Å². The van der Waals surface area contributed by atoms with E-state index in [0.717, 1.165) is 5.92 Å². The third kappa shape index (κ3) is 0.966. The van der Waals surface area contributed by atoms with E-state index in [2.05, 4.69) is 11.3 Å². The summed E-state index contributed by atoms with van der Waals surface area (Å²) in [5, 5.41) is 0. The number of rotatable bonds is 0. The van der Waals surface area contributed by atoms with Crippen LogP contribution in [-0.4, -0.2) is 4.37 Å². The highest BCUT2D eigenvalue weighted by Crippen LogP contribution is 2.27. The molecule has 0 saturated heterocycles. The Morgan fingerprint density at radius 1 is 1.70 bits per heavy atom. The molecule has 0 aromatic carbocycles. The molecule has 54 valence electrons. The van der Waals surface area contributed by atoms with E-state index in [9.17, 15) is 0 Å². The van der Waals surface area contributed by atoms with Crippen LogP contribution in [0, 0.1) is 5.92 Å². The van der Waals surface area contributed by atoms with Gasteiger partial charge in [0.1, 0.15) is 0 Å². The highest BCUT2D eigenvalue weighted by Gasteiger charge is 2.15. The van der Waals surface area contributed by atoms with Gasteiger partial charge in [-0.1, -0.05) is 6.92 Å². The fourth-order valence-corrected chi connectivity index (χ4v) is 2.28. The fraction of sp³-hybridized carbons (Fsp3) is 0.625. The Hall–Kier alpha value is -0.370. The van der Waals surface area contributed by atoms with Gasteiger partial charge in [0.05, 0.1) is 0 Å². The van der Waals surface area contributed by atoms with Crippen LogP contribution in [0.15, 0.2) is 6.20 Å². The third-order valence-electron chi connectivity index (χ3n) is 2.16. The van der Waals surface area contributed by atoms with Gasteiger partial charge < -0.3 is 0 Å². The molecule has 0 aliphatic heterocycles. The number of aryl methyl sites for hydroxylation is 1. The van der Waals surface area contributed by atoms with E-state index >= 15 is 0 Å². The van der Waals surface area contributed by atoms with E-state index in [4.69, 9.17) is 0 Å². The van der Waals surface area contributed by atoms with E-state index < -0.39 is 0 Å². The summed E-state index contributed by atoms with van der Waals surface area (Å²) in [7, 11) is 0. The molecular formula is C8H11NS. The van der Waals surface area contributed by atoms with Gasteiger partial charge in [0.2, 0.25) is 0 Å². The molecule has 1 aromatic rings. The van der Waals surface area contributed by atoms with Crippen molar-refractivity contribution in [1.29, 1.82) is 0 Å². The summed E-state index contributed by atoms with van der Waals surface area (Å²) in [5.74, 6) is 0.879. The molecule has 0 fully saturated rings. The minimum atomic E-state index is 0.879. The van der Waals surface area contributed by atoms with Crippen LogP contribution >= 0.6 is 11.5 Å². The monoisotopic (exact) mass is 153 g/mol. The maximum Gasteiger partial charge on any atom is 0.0441 e. The molecule has 1 nitrogen and oxygen atoms in total. The van der Waals surface area contributed by atoms with Gasteiger partial charge in [-0.25, -0.2) is 4.37 Å². The quantitative estimate of drug-likeness (QED) is 0.557. The summed E-state index contributed by atoms with van der Waals surface area (Å²) in [5.41, 5.74) is 1.50. The average molecular weight is 153 g/mol. The van der Waals surface area contributed by atoms with Gasteiger partial charge >= 0.3 is 0 Å². The zero-order chi connectivity index (χ0) is 6.97. The van der Waals surface area contributed by atoms with Crippen LogP contribution in [0.3, 0.4) is 0 Å². The number of hydrogen-bond acceptors (Lipinski definition) is 2. The van der Waals surface area contributed by atoms with Gasteiger partial charge in [0.25, 0.3) is 0 Å². The molecule has 1 heterocycles. The van der Waals surface area contributed by atoms with Crippen molar-refractivity contribution in [3.63, 3.8) is 0 Å². The summed E-state index contributed by atoms with van der Waals surface area (Å²) >= 11 is 1.68. The molecule has 0 spiro atoms. The maximum atomic E-state index is 4.18. The van der Waals surface area contributed by atoms with E-state index in [1.165, 1.54) is 29.7 Å². The first-order valence-electron chi connectivity index (χ1n) is 3.78. The predicted molar refractivity (Wildman–Crippen MR) is 43.3 cm³/mol. The Bertz CT molecular complexity index is 229. The van der Waals surface area contributed by atoms with E-state index in [-0.39, 0.29) is 0 Å². The molecular weight excluding hydrogens is 142 g/mol. The second-order valence-corrected chi connectivity index (χ2v) is 4.01. The first-order valence-corrected chi connectivity index (χ1v) is 4.56. The molecule has 0 saturated carbocycles. The lowest BCUT2D eigenvalue weighted by Crippen LogP contribution is -2.07. The van der Waals surface area contributed by atoms with Crippen molar-refractivity contribution in [1.82, 2.24) is 4.37 Å². The van der Waals surface area contributed by atoms with Crippen LogP contribution in [0.2, 0.25) is 0 Å². The Morgan fingerprint density at radius 2 is 2.60 bits per heavy atom. The fourth-order valence-electron chi connectivity index (χ4n) is 1.51. The second-order valence-electron chi connectivity index (χ2n) is 3.12. The van der Waals surface area contributed by atoms with Gasteiger partial charge in [-0.05, 0) is 42.3 Å². The topological polar surface area (TPSA) is 12.9 Å². The largest absolute Gasteiger partial charge is 0.201 e. The van der Waals surface area contributed by atoms with Crippen molar-refractivity contribution in [3.8, 4) is 0 Å². The van der Waals surface area contributed by atoms with Gasteiger partial charge in [0.15, 0.2) is 0 Å². The lowest BCUT2D eigenvalue weighted by atomic mass is 9.91. The molecule has 1 atom stereocenters. The molecule has 1 aliphatic rings. The molecule has 1 aromatic heterocycles. The normalized spacial score (nSPS) is 24.3. The summed E-state index contributed by atoms with van der Waals surface area (Å²) < 4.78 is 4.18. The molecule has 0 radical (unpaired) electrons. The molecule has 10 heavy (non-hydrogen) atoms. The Morgan fingerprint density at radius 3 is 3.50 bits per heavy atom. The maximum absolute atomic E-state index is 4.18. The van der Waals surface area contributed by atoms with Crippen molar-refractivity contribution in [2.24, 2.45) is 5.92 Å². The van der Waals surface area contributed by atoms with Gasteiger partial charge in [0, 0.05) is 11.1 Å². The van der Waals surface area contributed by atoms with Crippen molar-refractivity contribution >= 4 is 11.5 Å². The number of hydrogen-bond donors (Lipinski definition) is 0. The molecule has 1 aliphatic carbocycles. The zero-order valence-corrected chi connectivity index (χ0v) is 6.95. The SMILES string of the molecule is C[C@@H]1CCc2sncc2C1. The van der Waals surface area contributed by atoms with Gasteiger partial charge in [-0.15, -0.1) is 0 Å². The first kappa shape index (κ1) is 6.35. The summed E-state index contributed by atoms with van der Waals surface area (Å²) in [6, 6.07) is 0. The van der Waals surface area contributed by atoms with Crippen molar-refractivity contribution in [2.75, 3.05) is 0 Å². The lowest BCUT2D eigenvalue weighted by Gasteiger charge is -2.16. The summed E-state index contributed by atoms with van der Waals surface area (Å²) in [6.45, 7) is 2.32. The first-order chi connectivity index (χ1) is 4.86. The summed E-state index contributed by atoms with van der Waals surface area (Å²) in [6.07, 6.45) is 5.91. The van der Waals surface area contributed by atoms with Crippen molar-refractivity contribution in [3.05, 3.63) is 16.6 Å². The van der Waals surface area contributed by atoms with Crippen molar-refractivity contribution in [2.45, 2.75) is 26.2 Å². The van der Waals surface area contributed by atoms with E-state index in [1.807, 2.05) is 6.20 Å².